The number of nitrogens with zero attached hydrogens (tertiary/aromatic N) is 2. The first-order chi connectivity index (χ1) is 7.61. The van der Waals surface area contributed by atoms with Gasteiger partial charge in [0, 0.05) is 24.1 Å². The second-order valence-corrected chi connectivity index (χ2v) is 3.69. The van der Waals surface area contributed by atoms with Gasteiger partial charge in [-0.25, -0.2) is 0 Å². The summed E-state index contributed by atoms with van der Waals surface area (Å²) >= 11 is 0. The third-order valence-corrected chi connectivity index (χ3v) is 2.53. The maximum absolute atomic E-state index is 10.6. The quantitative estimate of drug-likeness (QED) is 0.827. The number of carbonyl (C=O) groups is 1. The summed E-state index contributed by atoms with van der Waals surface area (Å²) in [6.07, 6.45) is 1.73. The summed E-state index contributed by atoms with van der Waals surface area (Å²) in [7, 11) is 1.86. The van der Waals surface area contributed by atoms with Crippen LogP contribution in [0.5, 0.6) is 0 Å². The van der Waals surface area contributed by atoms with Crippen molar-refractivity contribution in [1.82, 2.24) is 4.57 Å². The zero-order valence-electron chi connectivity index (χ0n) is 8.77. The van der Waals surface area contributed by atoms with E-state index in [1.165, 1.54) is 0 Å². The van der Waals surface area contributed by atoms with E-state index in [0.29, 0.717) is 11.1 Å². The fraction of sp³-hybridized carbons (Fsp3) is 0.167. The normalized spacial score (nSPS) is 10.2. The summed E-state index contributed by atoms with van der Waals surface area (Å²) < 4.78 is 1.86. The summed E-state index contributed by atoms with van der Waals surface area (Å²) in [5.74, 6) is -0.867. The molecule has 2 aromatic rings. The summed E-state index contributed by atoms with van der Waals surface area (Å²) in [6.45, 7) is 0. The van der Waals surface area contributed by atoms with Crippen LogP contribution in [-0.4, -0.2) is 15.6 Å². The largest absolute Gasteiger partial charge is 0.481 e. The monoisotopic (exact) mass is 214 g/mol. The van der Waals surface area contributed by atoms with Gasteiger partial charge in [-0.15, -0.1) is 0 Å². The lowest BCUT2D eigenvalue weighted by molar-refractivity contribution is -0.136. The predicted molar refractivity (Wildman–Crippen MR) is 59.0 cm³/mol. The van der Waals surface area contributed by atoms with Crippen molar-refractivity contribution >= 4 is 16.9 Å². The van der Waals surface area contributed by atoms with Crippen LogP contribution in [0.2, 0.25) is 0 Å². The molecule has 4 heteroatoms. The molecule has 0 fully saturated rings. The van der Waals surface area contributed by atoms with Crippen molar-refractivity contribution in [3.05, 3.63) is 35.5 Å². The number of aryl methyl sites for hydroxylation is 1. The Balaban J connectivity index is 2.61. The minimum absolute atomic E-state index is 0.0182. The molecule has 0 aliphatic rings. The third-order valence-electron chi connectivity index (χ3n) is 2.53. The summed E-state index contributed by atoms with van der Waals surface area (Å²) in [5, 5.41) is 18.5. The molecule has 0 aliphatic carbocycles. The van der Waals surface area contributed by atoms with Crippen molar-refractivity contribution in [2.24, 2.45) is 7.05 Å². The van der Waals surface area contributed by atoms with Gasteiger partial charge in [-0.05, 0) is 17.7 Å². The minimum atomic E-state index is -0.867. The Morgan fingerprint density at radius 1 is 1.56 bits per heavy atom. The molecule has 80 valence electrons. The van der Waals surface area contributed by atoms with Crippen molar-refractivity contribution in [2.75, 3.05) is 0 Å². The van der Waals surface area contributed by atoms with E-state index in [0.717, 1.165) is 10.9 Å². The Kier molecular flexibility index (Phi) is 2.37. The number of hydrogen-bond donors (Lipinski definition) is 1. The first-order valence-electron chi connectivity index (χ1n) is 4.81. The van der Waals surface area contributed by atoms with Crippen LogP contribution in [0.1, 0.15) is 11.1 Å². The van der Waals surface area contributed by atoms with E-state index in [2.05, 4.69) is 6.07 Å². The van der Waals surface area contributed by atoms with Gasteiger partial charge in [0.05, 0.1) is 12.0 Å². The Bertz CT molecular complexity index is 605. The number of aliphatic carboxylic acids is 1. The predicted octanol–water partition coefficient (Wildman–Crippen LogP) is 1.68. The average Bonchev–Trinajstić information content (AvgIpc) is 2.54. The zero-order chi connectivity index (χ0) is 11.7. The maximum Gasteiger partial charge on any atom is 0.307 e. The molecule has 0 unspecified atom stereocenters. The van der Waals surface area contributed by atoms with Gasteiger partial charge in [-0.2, -0.15) is 5.26 Å². The molecule has 1 heterocycles. The number of carboxylic acid groups (broad SMARTS) is 1. The van der Waals surface area contributed by atoms with Gasteiger partial charge in [0.1, 0.15) is 6.07 Å². The van der Waals surface area contributed by atoms with Crippen LogP contribution < -0.4 is 0 Å². The van der Waals surface area contributed by atoms with Crippen LogP contribution in [0.15, 0.2) is 24.4 Å². The van der Waals surface area contributed by atoms with E-state index in [9.17, 15) is 4.79 Å². The molecule has 0 spiro atoms. The molecule has 0 bridgehead atoms. The molecule has 0 saturated heterocycles. The molecular formula is C12H10N2O2. The summed E-state index contributed by atoms with van der Waals surface area (Å²) in [4.78, 5) is 10.6. The lowest BCUT2D eigenvalue weighted by Crippen LogP contribution is -1.99. The van der Waals surface area contributed by atoms with Crippen LogP contribution in [0, 0.1) is 11.3 Å². The number of fused-ring (bicyclic) bond motifs is 1. The van der Waals surface area contributed by atoms with E-state index in [4.69, 9.17) is 10.4 Å². The number of aromatic nitrogens is 1. The van der Waals surface area contributed by atoms with Crippen molar-refractivity contribution in [3.8, 4) is 6.07 Å². The zero-order valence-corrected chi connectivity index (χ0v) is 8.77. The topological polar surface area (TPSA) is 66.0 Å². The molecule has 0 saturated carbocycles. The maximum atomic E-state index is 10.6. The minimum Gasteiger partial charge on any atom is -0.481 e. The molecule has 0 aliphatic heterocycles. The van der Waals surface area contributed by atoms with Gasteiger partial charge in [0.15, 0.2) is 0 Å². The van der Waals surface area contributed by atoms with Gasteiger partial charge >= 0.3 is 5.97 Å². The number of hydrogen-bond acceptors (Lipinski definition) is 2. The molecule has 1 N–H and O–H groups in total. The highest BCUT2D eigenvalue weighted by Crippen LogP contribution is 2.21. The third kappa shape index (κ3) is 1.63. The molecule has 1 aromatic carbocycles. The van der Waals surface area contributed by atoms with Crippen LogP contribution >= 0.6 is 0 Å². The number of benzene rings is 1. The molecule has 0 atom stereocenters. The molecule has 0 amide bonds. The number of rotatable bonds is 2. The average molecular weight is 214 g/mol. The number of nitriles is 1. The fourth-order valence-electron chi connectivity index (χ4n) is 1.81. The van der Waals surface area contributed by atoms with Gasteiger partial charge < -0.3 is 9.67 Å². The van der Waals surface area contributed by atoms with Gasteiger partial charge in [0.2, 0.25) is 0 Å². The van der Waals surface area contributed by atoms with Gasteiger partial charge in [-0.3, -0.25) is 4.79 Å². The fourth-order valence-corrected chi connectivity index (χ4v) is 1.81. The van der Waals surface area contributed by atoms with E-state index in [-0.39, 0.29) is 6.42 Å². The Labute approximate surface area is 92.3 Å². The van der Waals surface area contributed by atoms with E-state index >= 15 is 0 Å². The highest BCUT2D eigenvalue weighted by molar-refractivity contribution is 5.87. The van der Waals surface area contributed by atoms with Crippen LogP contribution in [-0.2, 0) is 18.3 Å². The van der Waals surface area contributed by atoms with Crippen molar-refractivity contribution in [3.63, 3.8) is 0 Å². The standard InChI is InChI=1S/C12H10N2O2/c1-14-7-9(6-13)10-4-8(5-12(15)16)2-3-11(10)14/h2-4,7H,5H2,1H3,(H,15,16). The van der Waals surface area contributed by atoms with Crippen molar-refractivity contribution < 1.29 is 9.90 Å². The van der Waals surface area contributed by atoms with E-state index < -0.39 is 5.97 Å². The summed E-state index contributed by atoms with van der Waals surface area (Å²) in [6, 6.07) is 7.49. The molecular weight excluding hydrogens is 204 g/mol. The van der Waals surface area contributed by atoms with E-state index in [1.54, 1.807) is 18.3 Å². The highest BCUT2D eigenvalue weighted by atomic mass is 16.4. The molecule has 16 heavy (non-hydrogen) atoms. The first kappa shape index (κ1) is 10.2. The van der Waals surface area contributed by atoms with Crippen LogP contribution in [0.3, 0.4) is 0 Å². The Morgan fingerprint density at radius 2 is 2.31 bits per heavy atom. The lowest BCUT2D eigenvalue weighted by atomic mass is 10.1. The van der Waals surface area contributed by atoms with Gasteiger partial charge in [-0.1, -0.05) is 6.07 Å². The summed E-state index contributed by atoms with van der Waals surface area (Å²) in [5.41, 5.74) is 2.22. The van der Waals surface area contributed by atoms with Gasteiger partial charge in [0.25, 0.3) is 0 Å². The molecule has 0 radical (unpaired) electrons. The first-order valence-corrected chi connectivity index (χ1v) is 4.81. The molecule has 2 rings (SSSR count). The van der Waals surface area contributed by atoms with Crippen LogP contribution in [0.4, 0.5) is 0 Å². The number of carboxylic acids is 1. The second kappa shape index (κ2) is 3.70. The Morgan fingerprint density at radius 3 is 2.94 bits per heavy atom. The molecule has 4 nitrogen and oxygen atoms in total. The molecule has 1 aromatic heterocycles. The van der Waals surface area contributed by atoms with Crippen molar-refractivity contribution in [1.29, 1.82) is 5.26 Å². The SMILES string of the molecule is Cn1cc(C#N)c2cc(CC(=O)O)ccc21. The lowest BCUT2D eigenvalue weighted by Gasteiger charge is -1.99. The van der Waals surface area contributed by atoms with Crippen molar-refractivity contribution in [2.45, 2.75) is 6.42 Å². The smallest absolute Gasteiger partial charge is 0.307 e. The highest BCUT2D eigenvalue weighted by Gasteiger charge is 2.08. The Hall–Kier alpha value is -2.28. The second-order valence-electron chi connectivity index (χ2n) is 3.69. The van der Waals surface area contributed by atoms with Crippen LogP contribution in [0.25, 0.3) is 10.9 Å². The van der Waals surface area contributed by atoms with E-state index in [1.807, 2.05) is 17.7 Å².